The second-order valence-corrected chi connectivity index (χ2v) is 2.82. The number of allylic oxidation sites excluding steroid dienone is 2. The molecule has 0 saturated carbocycles. The van der Waals surface area contributed by atoms with Gasteiger partial charge in [-0.1, -0.05) is 12.1 Å². The molecule has 0 fully saturated rings. The zero-order valence-corrected chi connectivity index (χ0v) is 7.67. The summed E-state index contributed by atoms with van der Waals surface area (Å²) in [5.74, 6) is -0.530. The summed E-state index contributed by atoms with van der Waals surface area (Å²) in [4.78, 5) is 11.4. The summed E-state index contributed by atoms with van der Waals surface area (Å²) in [7, 11) is 0. The van der Waals surface area contributed by atoms with E-state index < -0.39 is 0 Å². The highest BCUT2D eigenvalue weighted by molar-refractivity contribution is 6.05. The Morgan fingerprint density at radius 3 is 2.77 bits per heavy atom. The lowest BCUT2D eigenvalue weighted by molar-refractivity contribution is 0.104. The van der Waals surface area contributed by atoms with Crippen LogP contribution < -0.4 is 0 Å². The molecule has 2 heteroatoms. The highest BCUT2D eigenvalue weighted by Gasteiger charge is 2.05. The van der Waals surface area contributed by atoms with Gasteiger partial charge in [-0.2, -0.15) is 0 Å². The predicted octanol–water partition coefficient (Wildman–Crippen LogP) is 2.89. The van der Waals surface area contributed by atoms with E-state index in [4.69, 9.17) is 0 Å². The van der Waals surface area contributed by atoms with Gasteiger partial charge in [0.05, 0.1) is 0 Å². The molecule has 13 heavy (non-hydrogen) atoms. The molecular formula is C11H11FO. The average molecular weight is 178 g/mol. The largest absolute Gasteiger partial charge is 0.289 e. The third kappa shape index (κ3) is 2.25. The Morgan fingerprint density at radius 2 is 2.15 bits per heavy atom. The highest BCUT2D eigenvalue weighted by atomic mass is 19.1. The van der Waals surface area contributed by atoms with Crippen LogP contribution in [0.3, 0.4) is 0 Å². The van der Waals surface area contributed by atoms with Crippen molar-refractivity contribution in [1.29, 1.82) is 0 Å². The first kappa shape index (κ1) is 9.65. The van der Waals surface area contributed by atoms with Gasteiger partial charge in [-0.15, -0.1) is 0 Å². The molecule has 1 nitrogen and oxygen atoms in total. The maximum Gasteiger partial charge on any atom is 0.185 e. The van der Waals surface area contributed by atoms with Crippen molar-refractivity contribution in [2.24, 2.45) is 0 Å². The van der Waals surface area contributed by atoms with Crippen molar-refractivity contribution < 1.29 is 9.18 Å². The standard InChI is InChI=1S/C11H11FO/c1-3-4-11(13)10-7-9(12)6-5-8(10)2/h3-7H,1-2H3/b4-3+. The molecule has 0 aliphatic heterocycles. The number of hydrogen-bond acceptors (Lipinski definition) is 1. The van der Waals surface area contributed by atoms with Crippen molar-refractivity contribution in [2.75, 3.05) is 0 Å². The van der Waals surface area contributed by atoms with Crippen LogP contribution in [0.5, 0.6) is 0 Å². The highest BCUT2D eigenvalue weighted by Crippen LogP contribution is 2.11. The monoisotopic (exact) mass is 178 g/mol. The van der Waals surface area contributed by atoms with E-state index in [-0.39, 0.29) is 11.6 Å². The normalized spacial score (nSPS) is 10.7. The van der Waals surface area contributed by atoms with Crippen molar-refractivity contribution in [3.63, 3.8) is 0 Å². The quantitative estimate of drug-likeness (QED) is 0.502. The van der Waals surface area contributed by atoms with E-state index >= 15 is 0 Å². The van der Waals surface area contributed by atoms with E-state index in [2.05, 4.69) is 0 Å². The van der Waals surface area contributed by atoms with Crippen LogP contribution in [0.1, 0.15) is 22.8 Å². The number of carbonyl (C=O) groups excluding carboxylic acids is 1. The van der Waals surface area contributed by atoms with Gasteiger partial charge in [0.1, 0.15) is 5.82 Å². The maximum atomic E-state index is 12.8. The number of aryl methyl sites for hydroxylation is 1. The smallest absolute Gasteiger partial charge is 0.185 e. The van der Waals surface area contributed by atoms with Gasteiger partial charge in [-0.25, -0.2) is 4.39 Å². The molecule has 0 unspecified atom stereocenters. The van der Waals surface area contributed by atoms with Crippen molar-refractivity contribution in [2.45, 2.75) is 13.8 Å². The predicted molar refractivity (Wildman–Crippen MR) is 50.3 cm³/mol. The van der Waals surface area contributed by atoms with Gasteiger partial charge in [0.2, 0.25) is 0 Å². The molecule has 68 valence electrons. The number of carbonyl (C=O) groups is 1. The zero-order valence-electron chi connectivity index (χ0n) is 7.67. The van der Waals surface area contributed by atoms with E-state index in [0.29, 0.717) is 5.56 Å². The SMILES string of the molecule is C/C=C/C(=O)c1cc(F)ccc1C. The molecule has 0 aromatic heterocycles. The lowest BCUT2D eigenvalue weighted by atomic mass is 10.0. The first-order valence-electron chi connectivity index (χ1n) is 4.08. The van der Waals surface area contributed by atoms with Gasteiger partial charge >= 0.3 is 0 Å². The van der Waals surface area contributed by atoms with Crippen molar-refractivity contribution in [3.8, 4) is 0 Å². The minimum Gasteiger partial charge on any atom is -0.289 e. The van der Waals surface area contributed by atoms with Crippen LogP contribution in [0.4, 0.5) is 4.39 Å². The van der Waals surface area contributed by atoms with E-state index in [9.17, 15) is 9.18 Å². The van der Waals surface area contributed by atoms with Gasteiger partial charge in [0, 0.05) is 5.56 Å². The molecule has 1 aromatic rings. The summed E-state index contributed by atoms with van der Waals surface area (Å²) in [6, 6.07) is 4.21. The Morgan fingerprint density at radius 1 is 1.46 bits per heavy atom. The molecule has 0 bridgehead atoms. The van der Waals surface area contributed by atoms with E-state index in [1.807, 2.05) is 0 Å². The van der Waals surface area contributed by atoms with E-state index in [1.165, 1.54) is 18.2 Å². The van der Waals surface area contributed by atoms with Crippen molar-refractivity contribution >= 4 is 5.78 Å². The molecule has 0 amide bonds. The summed E-state index contributed by atoms with van der Waals surface area (Å²) in [5, 5.41) is 0. The van der Waals surface area contributed by atoms with Crippen LogP contribution in [0.2, 0.25) is 0 Å². The molecular weight excluding hydrogens is 167 g/mol. The summed E-state index contributed by atoms with van der Waals surface area (Å²) in [6.45, 7) is 3.54. The molecule has 1 aromatic carbocycles. The Bertz CT molecular complexity index is 353. The minimum absolute atomic E-state index is 0.153. The summed E-state index contributed by atoms with van der Waals surface area (Å²) >= 11 is 0. The van der Waals surface area contributed by atoms with Crippen LogP contribution in [0, 0.1) is 12.7 Å². The lowest BCUT2D eigenvalue weighted by Gasteiger charge is -2.00. The summed E-state index contributed by atoms with van der Waals surface area (Å²) in [6.07, 6.45) is 3.08. The fraction of sp³-hybridized carbons (Fsp3) is 0.182. The van der Waals surface area contributed by atoms with Gasteiger partial charge in [0.15, 0.2) is 5.78 Å². The Hall–Kier alpha value is -1.44. The minimum atomic E-state index is -0.376. The van der Waals surface area contributed by atoms with Gasteiger partial charge in [-0.3, -0.25) is 4.79 Å². The first-order valence-corrected chi connectivity index (χ1v) is 4.08. The van der Waals surface area contributed by atoms with Crippen LogP contribution in [-0.4, -0.2) is 5.78 Å². The zero-order chi connectivity index (χ0) is 9.84. The van der Waals surface area contributed by atoms with Crippen LogP contribution in [0.15, 0.2) is 30.4 Å². The lowest BCUT2D eigenvalue weighted by Crippen LogP contribution is -1.98. The molecule has 0 spiro atoms. The fourth-order valence-electron chi connectivity index (χ4n) is 1.10. The number of halogens is 1. The van der Waals surface area contributed by atoms with Gasteiger partial charge in [0.25, 0.3) is 0 Å². The van der Waals surface area contributed by atoms with Crippen LogP contribution in [-0.2, 0) is 0 Å². The second-order valence-electron chi connectivity index (χ2n) is 2.82. The number of rotatable bonds is 2. The third-order valence-corrected chi connectivity index (χ3v) is 1.78. The second kappa shape index (κ2) is 3.99. The molecule has 0 aliphatic carbocycles. The van der Waals surface area contributed by atoms with Crippen LogP contribution in [0.25, 0.3) is 0 Å². The Labute approximate surface area is 76.9 Å². The molecule has 0 aliphatic rings. The number of ketones is 1. The van der Waals surface area contributed by atoms with E-state index in [0.717, 1.165) is 5.56 Å². The number of benzene rings is 1. The fourth-order valence-corrected chi connectivity index (χ4v) is 1.10. The Balaban J connectivity index is 3.13. The summed E-state index contributed by atoms with van der Waals surface area (Å²) in [5.41, 5.74) is 1.22. The third-order valence-electron chi connectivity index (χ3n) is 1.78. The molecule has 0 atom stereocenters. The Kier molecular flexibility index (Phi) is 2.96. The topological polar surface area (TPSA) is 17.1 Å². The maximum absolute atomic E-state index is 12.8. The molecule has 1 rings (SSSR count). The van der Waals surface area contributed by atoms with Gasteiger partial charge in [-0.05, 0) is 37.6 Å². The summed E-state index contributed by atoms with van der Waals surface area (Å²) < 4.78 is 12.8. The van der Waals surface area contributed by atoms with Crippen LogP contribution >= 0.6 is 0 Å². The van der Waals surface area contributed by atoms with Crippen molar-refractivity contribution in [1.82, 2.24) is 0 Å². The molecule has 0 heterocycles. The van der Waals surface area contributed by atoms with Gasteiger partial charge < -0.3 is 0 Å². The molecule has 0 saturated heterocycles. The first-order chi connectivity index (χ1) is 6.15. The molecule has 0 radical (unpaired) electrons. The van der Waals surface area contributed by atoms with Crippen molar-refractivity contribution in [3.05, 3.63) is 47.3 Å². The molecule has 0 N–H and O–H groups in total. The average Bonchev–Trinajstić information content (AvgIpc) is 2.09. The van der Waals surface area contributed by atoms with E-state index in [1.54, 1.807) is 26.0 Å². The number of hydrogen-bond donors (Lipinski definition) is 0.